The molecule has 0 spiro atoms. The normalized spacial score (nSPS) is 10.4. The monoisotopic (exact) mass is 406 g/mol. The number of rotatable bonds is 8. The molecule has 2 rings (SSSR count). The fourth-order valence-corrected chi connectivity index (χ4v) is 3.34. The van der Waals surface area contributed by atoms with Gasteiger partial charge in [-0.25, -0.2) is 4.79 Å². The zero-order valence-corrected chi connectivity index (χ0v) is 17.7. The molecule has 28 heavy (non-hydrogen) atoms. The summed E-state index contributed by atoms with van der Waals surface area (Å²) in [7, 11) is 4.66. The Hall–Kier alpha value is -2.60. The van der Waals surface area contributed by atoms with Crippen LogP contribution >= 0.6 is 11.6 Å². The fourth-order valence-electron chi connectivity index (χ4n) is 3.04. The molecule has 0 aromatic heterocycles. The van der Waals surface area contributed by atoms with Crippen LogP contribution in [0.2, 0.25) is 5.02 Å². The molecule has 0 heterocycles. The van der Waals surface area contributed by atoms with E-state index in [4.69, 9.17) is 25.8 Å². The van der Waals surface area contributed by atoms with Gasteiger partial charge in [-0.1, -0.05) is 31.5 Å². The van der Waals surface area contributed by atoms with Gasteiger partial charge in [0.05, 0.1) is 27.0 Å². The van der Waals surface area contributed by atoms with Crippen LogP contribution in [0.1, 0.15) is 30.5 Å². The minimum absolute atomic E-state index is 0.298. The lowest BCUT2D eigenvalue weighted by Crippen LogP contribution is -2.29. The van der Waals surface area contributed by atoms with Gasteiger partial charge < -0.3 is 24.8 Å². The summed E-state index contributed by atoms with van der Waals surface area (Å²) in [5, 5.41) is 6.47. The topological polar surface area (TPSA) is 68.8 Å². The molecule has 152 valence electrons. The van der Waals surface area contributed by atoms with Crippen LogP contribution in [0.4, 0.5) is 10.5 Å². The molecule has 0 saturated carbocycles. The van der Waals surface area contributed by atoms with Gasteiger partial charge in [0.15, 0.2) is 11.5 Å². The van der Waals surface area contributed by atoms with Crippen LogP contribution in [0, 0.1) is 0 Å². The Morgan fingerprint density at radius 2 is 1.64 bits per heavy atom. The number of carbonyl (C=O) groups is 1. The second-order valence-electron chi connectivity index (χ2n) is 6.11. The van der Waals surface area contributed by atoms with Crippen molar-refractivity contribution in [1.29, 1.82) is 0 Å². The van der Waals surface area contributed by atoms with Crippen molar-refractivity contribution in [3.63, 3.8) is 0 Å². The summed E-state index contributed by atoms with van der Waals surface area (Å²) < 4.78 is 16.0. The van der Waals surface area contributed by atoms with E-state index in [-0.39, 0.29) is 6.03 Å². The molecular weight excluding hydrogens is 380 g/mol. The maximum Gasteiger partial charge on any atom is 0.319 e. The third kappa shape index (κ3) is 4.81. The predicted molar refractivity (Wildman–Crippen MR) is 112 cm³/mol. The number of hydrogen-bond donors (Lipinski definition) is 2. The highest BCUT2D eigenvalue weighted by atomic mass is 35.5. The molecule has 2 amide bonds. The third-order valence-electron chi connectivity index (χ3n) is 4.49. The highest BCUT2D eigenvalue weighted by Gasteiger charge is 2.15. The van der Waals surface area contributed by atoms with Crippen LogP contribution < -0.4 is 24.8 Å². The summed E-state index contributed by atoms with van der Waals surface area (Å²) in [5.74, 6) is 1.59. The Kier molecular flexibility index (Phi) is 7.81. The van der Waals surface area contributed by atoms with Gasteiger partial charge in [-0.3, -0.25) is 0 Å². The number of amides is 2. The molecule has 0 unspecified atom stereocenters. The van der Waals surface area contributed by atoms with Crippen LogP contribution in [-0.2, 0) is 19.4 Å². The fraction of sp³-hybridized carbons (Fsp3) is 0.381. The van der Waals surface area contributed by atoms with E-state index in [2.05, 4.69) is 10.6 Å². The first-order valence-electron chi connectivity index (χ1n) is 9.12. The maximum atomic E-state index is 12.5. The molecule has 2 aromatic rings. The lowest BCUT2D eigenvalue weighted by Gasteiger charge is -2.17. The summed E-state index contributed by atoms with van der Waals surface area (Å²) in [5.41, 5.74) is 3.58. The average molecular weight is 407 g/mol. The molecule has 2 aromatic carbocycles. The molecule has 7 heteroatoms. The molecule has 0 radical (unpaired) electrons. The second-order valence-corrected chi connectivity index (χ2v) is 6.52. The van der Waals surface area contributed by atoms with Crippen molar-refractivity contribution in [2.24, 2.45) is 0 Å². The van der Waals surface area contributed by atoms with E-state index in [1.807, 2.05) is 26.0 Å². The molecule has 0 atom stereocenters. The van der Waals surface area contributed by atoms with Crippen molar-refractivity contribution in [2.45, 2.75) is 33.2 Å². The number of carbonyl (C=O) groups excluding carboxylic acids is 1. The molecule has 2 N–H and O–H groups in total. The van der Waals surface area contributed by atoms with E-state index in [0.717, 1.165) is 35.2 Å². The van der Waals surface area contributed by atoms with E-state index < -0.39 is 0 Å². The van der Waals surface area contributed by atoms with Crippen molar-refractivity contribution < 1.29 is 19.0 Å². The van der Waals surface area contributed by atoms with Crippen molar-refractivity contribution in [3.05, 3.63) is 46.0 Å². The molecule has 0 aliphatic carbocycles. The van der Waals surface area contributed by atoms with E-state index in [1.54, 1.807) is 33.5 Å². The largest absolute Gasteiger partial charge is 0.493 e. The van der Waals surface area contributed by atoms with Crippen LogP contribution in [0.3, 0.4) is 0 Å². The highest BCUT2D eigenvalue weighted by molar-refractivity contribution is 6.31. The summed E-state index contributed by atoms with van der Waals surface area (Å²) in [6.07, 6.45) is 1.53. The number of aryl methyl sites for hydroxylation is 1. The smallest absolute Gasteiger partial charge is 0.319 e. The Labute approximate surface area is 171 Å². The van der Waals surface area contributed by atoms with Gasteiger partial charge >= 0.3 is 6.03 Å². The SMILES string of the molecule is CCc1ccc(Cl)c(CC)c1NC(=O)NCc1cc(OC)c(OC)c(OC)c1. The predicted octanol–water partition coefficient (Wildman–Crippen LogP) is 4.81. The quantitative estimate of drug-likeness (QED) is 0.659. The van der Waals surface area contributed by atoms with Crippen molar-refractivity contribution in [2.75, 3.05) is 26.6 Å². The molecule has 6 nitrogen and oxygen atoms in total. The summed E-state index contributed by atoms with van der Waals surface area (Å²) >= 11 is 6.30. The summed E-state index contributed by atoms with van der Waals surface area (Å²) in [6.45, 7) is 4.35. The summed E-state index contributed by atoms with van der Waals surface area (Å²) in [4.78, 5) is 12.5. The Morgan fingerprint density at radius 1 is 1.00 bits per heavy atom. The maximum absolute atomic E-state index is 12.5. The number of hydrogen-bond acceptors (Lipinski definition) is 4. The minimum atomic E-state index is -0.305. The van der Waals surface area contributed by atoms with Crippen molar-refractivity contribution in [1.82, 2.24) is 5.32 Å². The Morgan fingerprint density at radius 3 is 2.14 bits per heavy atom. The number of nitrogens with one attached hydrogen (secondary N) is 2. The standard InChI is InChI=1S/C21H27ClN2O4/c1-6-14-8-9-16(22)15(7-2)19(14)24-21(25)23-12-13-10-17(26-3)20(28-5)18(11-13)27-4/h8-11H,6-7,12H2,1-5H3,(H2,23,24,25). The van der Waals surface area contributed by atoms with E-state index in [0.29, 0.717) is 28.8 Å². The van der Waals surface area contributed by atoms with Gasteiger partial charge in [0, 0.05) is 11.6 Å². The highest BCUT2D eigenvalue weighted by Crippen LogP contribution is 2.38. The Bertz CT molecular complexity index is 814. The number of methoxy groups -OCH3 is 3. The summed E-state index contributed by atoms with van der Waals surface area (Å²) in [6, 6.07) is 7.11. The number of benzene rings is 2. The lowest BCUT2D eigenvalue weighted by atomic mass is 10.0. The van der Waals surface area contributed by atoms with Gasteiger partial charge in [-0.05, 0) is 47.7 Å². The van der Waals surface area contributed by atoms with Crippen molar-refractivity contribution in [3.8, 4) is 17.2 Å². The van der Waals surface area contributed by atoms with Gasteiger partial charge in [0.2, 0.25) is 5.75 Å². The number of anilines is 1. The number of urea groups is 1. The zero-order valence-electron chi connectivity index (χ0n) is 16.9. The van der Waals surface area contributed by atoms with Gasteiger partial charge in [0.1, 0.15) is 0 Å². The van der Waals surface area contributed by atoms with Gasteiger partial charge in [0.25, 0.3) is 0 Å². The first kappa shape index (κ1) is 21.7. The first-order valence-corrected chi connectivity index (χ1v) is 9.50. The van der Waals surface area contributed by atoms with Crippen LogP contribution in [-0.4, -0.2) is 27.4 Å². The number of ether oxygens (including phenoxy) is 3. The molecule has 0 aliphatic rings. The van der Waals surface area contributed by atoms with Crippen LogP contribution in [0.15, 0.2) is 24.3 Å². The molecule has 0 aliphatic heterocycles. The lowest BCUT2D eigenvalue weighted by molar-refractivity contribution is 0.251. The minimum Gasteiger partial charge on any atom is -0.493 e. The molecule has 0 fully saturated rings. The molecule has 0 saturated heterocycles. The van der Waals surface area contributed by atoms with Crippen LogP contribution in [0.5, 0.6) is 17.2 Å². The van der Waals surface area contributed by atoms with E-state index in [9.17, 15) is 4.79 Å². The van der Waals surface area contributed by atoms with Crippen molar-refractivity contribution >= 4 is 23.3 Å². The van der Waals surface area contributed by atoms with E-state index in [1.165, 1.54) is 0 Å². The third-order valence-corrected chi connectivity index (χ3v) is 4.85. The van der Waals surface area contributed by atoms with Gasteiger partial charge in [-0.15, -0.1) is 0 Å². The second kappa shape index (κ2) is 10.1. The zero-order chi connectivity index (χ0) is 20.7. The molecule has 0 bridgehead atoms. The first-order chi connectivity index (χ1) is 13.5. The Balaban J connectivity index is 2.17. The molecular formula is C21H27ClN2O4. The van der Waals surface area contributed by atoms with E-state index >= 15 is 0 Å². The number of halogens is 1. The average Bonchev–Trinajstić information content (AvgIpc) is 2.71. The van der Waals surface area contributed by atoms with Crippen LogP contribution in [0.25, 0.3) is 0 Å². The van der Waals surface area contributed by atoms with Gasteiger partial charge in [-0.2, -0.15) is 0 Å².